The molecule has 0 saturated heterocycles. The van der Waals surface area contributed by atoms with Crippen LogP contribution in [-0.4, -0.2) is 23.0 Å². The minimum atomic E-state index is -0.261. The molecule has 0 fully saturated rings. The number of amides is 1. The van der Waals surface area contributed by atoms with Gasteiger partial charge in [0.05, 0.1) is 19.2 Å². The molecule has 31 heavy (non-hydrogen) atoms. The highest BCUT2D eigenvalue weighted by Crippen LogP contribution is 2.26. The highest BCUT2D eigenvalue weighted by molar-refractivity contribution is 6.05. The number of ether oxygens (including phenoxy) is 1. The molecule has 0 aliphatic carbocycles. The van der Waals surface area contributed by atoms with Gasteiger partial charge in [-0.25, -0.2) is 0 Å². The van der Waals surface area contributed by atoms with Crippen LogP contribution in [0.2, 0.25) is 0 Å². The fraction of sp³-hybridized carbons (Fsp3) is 0.160. The number of aryl methyl sites for hydroxylation is 1. The van der Waals surface area contributed by atoms with Crippen LogP contribution in [0, 0.1) is 13.8 Å². The molecule has 4 aromatic rings. The number of aromatic amines is 1. The van der Waals surface area contributed by atoms with Crippen molar-refractivity contribution in [3.8, 4) is 5.75 Å². The van der Waals surface area contributed by atoms with Crippen molar-refractivity contribution in [3.05, 3.63) is 99.6 Å². The van der Waals surface area contributed by atoms with Gasteiger partial charge >= 0.3 is 0 Å². The van der Waals surface area contributed by atoms with Gasteiger partial charge in [-0.05, 0) is 66.8 Å². The summed E-state index contributed by atoms with van der Waals surface area (Å²) in [6.07, 6.45) is 1.59. The Bertz CT molecular complexity index is 1310. The molecule has 0 aliphatic rings. The number of anilines is 1. The predicted octanol–water partition coefficient (Wildman–Crippen LogP) is 4.40. The second kappa shape index (κ2) is 8.44. The summed E-state index contributed by atoms with van der Waals surface area (Å²) in [6, 6.07) is 18.3. The number of methoxy groups -OCH3 is 1. The minimum absolute atomic E-state index is 0.122. The Hall–Kier alpha value is -3.93. The van der Waals surface area contributed by atoms with Gasteiger partial charge in [0.15, 0.2) is 0 Å². The molecule has 0 aliphatic heterocycles. The smallest absolute Gasteiger partial charge is 0.277 e. The lowest BCUT2D eigenvalue weighted by molar-refractivity contribution is 0.0980. The van der Waals surface area contributed by atoms with E-state index in [1.165, 1.54) is 0 Å². The van der Waals surface area contributed by atoms with Crippen molar-refractivity contribution >= 4 is 22.5 Å². The lowest BCUT2D eigenvalue weighted by Crippen LogP contribution is -2.34. The topological polar surface area (TPSA) is 75.3 Å². The van der Waals surface area contributed by atoms with E-state index in [-0.39, 0.29) is 18.0 Å². The van der Waals surface area contributed by atoms with Gasteiger partial charge in [-0.2, -0.15) is 0 Å². The number of benzene rings is 2. The van der Waals surface area contributed by atoms with E-state index in [1.807, 2.05) is 50.2 Å². The van der Waals surface area contributed by atoms with Crippen LogP contribution in [0.15, 0.2) is 71.7 Å². The van der Waals surface area contributed by atoms with Crippen molar-refractivity contribution in [2.45, 2.75) is 20.4 Å². The van der Waals surface area contributed by atoms with E-state index in [9.17, 15) is 9.59 Å². The molecule has 0 unspecified atom stereocenters. The maximum atomic E-state index is 13.4. The molecule has 2 aromatic carbocycles. The van der Waals surface area contributed by atoms with E-state index in [0.29, 0.717) is 22.5 Å². The number of hydrogen-bond acceptors (Lipinski definition) is 4. The van der Waals surface area contributed by atoms with E-state index < -0.39 is 0 Å². The van der Waals surface area contributed by atoms with Crippen molar-refractivity contribution in [3.63, 3.8) is 0 Å². The zero-order valence-corrected chi connectivity index (χ0v) is 17.7. The lowest BCUT2D eigenvalue weighted by Gasteiger charge is -2.25. The quantitative estimate of drug-likeness (QED) is 0.526. The van der Waals surface area contributed by atoms with Crippen LogP contribution in [-0.2, 0) is 6.54 Å². The number of H-pyrrole nitrogens is 1. The summed E-state index contributed by atoms with van der Waals surface area (Å²) in [6.45, 7) is 4.09. The second-order valence-electron chi connectivity index (χ2n) is 7.40. The third-order valence-corrected chi connectivity index (χ3v) is 5.45. The number of nitrogens with zero attached hydrogens (tertiary/aromatic N) is 2. The first-order valence-corrected chi connectivity index (χ1v) is 9.97. The standard InChI is InChI=1S/C25H23N3O3/c1-16-7-6-9-23(17(16)2)28(25(30)21-8-4-5-12-26-21)15-19-13-18-10-11-20(31-3)14-22(18)27-24(19)29/h4-14H,15H2,1-3H3,(H,27,29). The van der Waals surface area contributed by atoms with Crippen LogP contribution < -0.4 is 15.2 Å². The fourth-order valence-corrected chi connectivity index (χ4v) is 3.56. The predicted molar refractivity (Wildman–Crippen MR) is 122 cm³/mol. The Morgan fingerprint density at radius 3 is 2.65 bits per heavy atom. The summed E-state index contributed by atoms with van der Waals surface area (Å²) in [5.41, 5.74) is 4.05. The molecule has 1 amide bonds. The van der Waals surface area contributed by atoms with Crippen LogP contribution in [0.3, 0.4) is 0 Å². The van der Waals surface area contributed by atoms with E-state index in [0.717, 1.165) is 22.2 Å². The molecule has 0 bridgehead atoms. The van der Waals surface area contributed by atoms with E-state index in [1.54, 1.807) is 42.5 Å². The fourth-order valence-electron chi connectivity index (χ4n) is 3.56. The summed E-state index contributed by atoms with van der Waals surface area (Å²) < 4.78 is 5.24. The molecular weight excluding hydrogens is 390 g/mol. The van der Waals surface area contributed by atoms with Crippen LogP contribution in [0.1, 0.15) is 27.2 Å². The molecule has 0 radical (unpaired) electrons. The molecule has 0 spiro atoms. The Morgan fingerprint density at radius 2 is 1.90 bits per heavy atom. The number of aromatic nitrogens is 2. The zero-order valence-electron chi connectivity index (χ0n) is 17.7. The van der Waals surface area contributed by atoms with Crippen molar-refractivity contribution in [2.24, 2.45) is 0 Å². The number of carbonyl (C=O) groups excluding carboxylic acids is 1. The highest BCUT2D eigenvalue weighted by atomic mass is 16.5. The third kappa shape index (κ3) is 4.05. The molecule has 0 saturated carbocycles. The maximum absolute atomic E-state index is 13.4. The Labute approximate surface area is 180 Å². The Balaban J connectivity index is 1.81. The molecule has 2 heterocycles. The lowest BCUT2D eigenvalue weighted by atomic mass is 10.1. The summed E-state index contributed by atoms with van der Waals surface area (Å²) in [7, 11) is 1.58. The van der Waals surface area contributed by atoms with E-state index in [2.05, 4.69) is 9.97 Å². The van der Waals surface area contributed by atoms with Crippen molar-refractivity contribution in [1.82, 2.24) is 9.97 Å². The molecule has 4 rings (SSSR count). The monoisotopic (exact) mass is 413 g/mol. The van der Waals surface area contributed by atoms with E-state index in [4.69, 9.17) is 4.74 Å². The summed E-state index contributed by atoms with van der Waals surface area (Å²) in [5.74, 6) is 0.404. The molecule has 2 aromatic heterocycles. The van der Waals surface area contributed by atoms with Crippen LogP contribution >= 0.6 is 0 Å². The van der Waals surface area contributed by atoms with Crippen LogP contribution in [0.25, 0.3) is 10.9 Å². The average Bonchev–Trinajstić information content (AvgIpc) is 2.79. The largest absolute Gasteiger partial charge is 0.497 e. The first-order chi connectivity index (χ1) is 15.0. The maximum Gasteiger partial charge on any atom is 0.277 e. The summed E-state index contributed by atoms with van der Waals surface area (Å²) in [4.78, 5) is 35.0. The molecule has 0 atom stereocenters. The molecular formula is C25H23N3O3. The minimum Gasteiger partial charge on any atom is -0.497 e. The SMILES string of the molecule is COc1ccc2cc(CN(C(=O)c3ccccn3)c3cccc(C)c3C)c(=O)[nH]c2c1. The van der Waals surface area contributed by atoms with Crippen LogP contribution in [0.5, 0.6) is 5.75 Å². The van der Waals surface area contributed by atoms with Crippen molar-refractivity contribution in [2.75, 3.05) is 12.0 Å². The third-order valence-electron chi connectivity index (χ3n) is 5.45. The number of hydrogen-bond donors (Lipinski definition) is 1. The van der Waals surface area contributed by atoms with E-state index >= 15 is 0 Å². The highest BCUT2D eigenvalue weighted by Gasteiger charge is 2.22. The number of nitrogens with one attached hydrogen (secondary N) is 1. The van der Waals surface area contributed by atoms with Gasteiger partial charge in [-0.3, -0.25) is 14.6 Å². The number of rotatable bonds is 5. The van der Waals surface area contributed by atoms with Crippen molar-refractivity contribution < 1.29 is 9.53 Å². The van der Waals surface area contributed by atoms with Gasteiger partial charge in [0.25, 0.3) is 11.5 Å². The Morgan fingerprint density at radius 1 is 1.06 bits per heavy atom. The Kier molecular flexibility index (Phi) is 5.54. The van der Waals surface area contributed by atoms with Gasteiger partial charge < -0.3 is 14.6 Å². The van der Waals surface area contributed by atoms with Gasteiger partial charge in [0.2, 0.25) is 0 Å². The molecule has 6 nitrogen and oxygen atoms in total. The summed E-state index contributed by atoms with van der Waals surface area (Å²) >= 11 is 0. The molecule has 6 heteroatoms. The first kappa shape index (κ1) is 20.3. The average molecular weight is 413 g/mol. The van der Waals surface area contributed by atoms with Gasteiger partial charge in [-0.15, -0.1) is 0 Å². The second-order valence-corrected chi connectivity index (χ2v) is 7.40. The molecule has 156 valence electrons. The summed E-state index contributed by atoms with van der Waals surface area (Å²) in [5, 5.41) is 0.863. The first-order valence-electron chi connectivity index (χ1n) is 9.97. The zero-order chi connectivity index (χ0) is 22.0. The molecule has 1 N–H and O–H groups in total. The normalized spacial score (nSPS) is 10.8. The van der Waals surface area contributed by atoms with Gasteiger partial charge in [0.1, 0.15) is 11.4 Å². The van der Waals surface area contributed by atoms with Crippen LogP contribution in [0.4, 0.5) is 5.69 Å². The number of fused-ring (bicyclic) bond motifs is 1. The van der Waals surface area contributed by atoms with Gasteiger partial charge in [0, 0.05) is 23.5 Å². The number of carbonyl (C=O) groups is 1. The number of pyridine rings is 2. The van der Waals surface area contributed by atoms with Crippen molar-refractivity contribution in [1.29, 1.82) is 0 Å². The van der Waals surface area contributed by atoms with Gasteiger partial charge in [-0.1, -0.05) is 18.2 Å².